The third-order valence-corrected chi connectivity index (χ3v) is 5.67. The minimum Gasteiger partial charge on any atom is -0.306 e. The van der Waals surface area contributed by atoms with E-state index in [2.05, 4.69) is 10.4 Å². The van der Waals surface area contributed by atoms with Crippen molar-refractivity contribution in [3.8, 4) is 0 Å². The fourth-order valence-electron chi connectivity index (χ4n) is 3.35. The highest BCUT2D eigenvalue weighted by molar-refractivity contribution is 8.15. The maximum absolute atomic E-state index is 13.5. The first-order valence-corrected chi connectivity index (χ1v) is 9.37. The summed E-state index contributed by atoms with van der Waals surface area (Å²) in [6.07, 6.45) is 0.809. The molecule has 0 bridgehead atoms. The number of hydrogen-bond acceptors (Lipinski definition) is 5. The van der Waals surface area contributed by atoms with Gasteiger partial charge in [-0.1, -0.05) is 13.0 Å². The summed E-state index contributed by atoms with van der Waals surface area (Å²) in [5.74, 6) is -0.879. The van der Waals surface area contributed by atoms with E-state index in [9.17, 15) is 14.4 Å². The monoisotopic (exact) mass is 374 g/mol. The summed E-state index contributed by atoms with van der Waals surface area (Å²) in [7, 11) is 0. The highest BCUT2D eigenvalue weighted by Crippen LogP contribution is 2.55. The maximum Gasteiger partial charge on any atom is 0.271 e. The van der Waals surface area contributed by atoms with Crippen LogP contribution in [0, 0.1) is 0 Å². The molecule has 1 spiro atoms. The molecular formula is C18H22N4O3S. The van der Waals surface area contributed by atoms with E-state index in [0.29, 0.717) is 0 Å². The van der Waals surface area contributed by atoms with Crippen LogP contribution in [0.25, 0.3) is 0 Å². The van der Waals surface area contributed by atoms with E-state index in [4.69, 9.17) is 0 Å². The molecule has 0 fully saturated rings. The summed E-state index contributed by atoms with van der Waals surface area (Å²) in [6.45, 7) is 8.64. The second-order valence-electron chi connectivity index (χ2n) is 6.64. The molecule has 8 heteroatoms. The predicted molar refractivity (Wildman–Crippen MR) is 101 cm³/mol. The fourth-order valence-corrected chi connectivity index (χ4v) is 4.66. The van der Waals surface area contributed by atoms with Crippen molar-refractivity contribution in [3.05, 3.63) is 29.3 Å². The van der Waals surface area contributed by atoms with Crippen LogP contribution in [0.5, 0.6) is 0 Å². The minimum atomic E-state index is -1.31. The smallest absolute Gasteiger partial charge is 0.271 e. The third kappa shape index (κ3) is 2.59. The highest BCUT2D eigenvalue weighted by Gasteiger charge is 2.61. The van der Waals surface area contributed by atoms with Crippen LogP contribution in [0.1, 0.15) is 45.7 Å². The average Bonchev–Trinajstić information content (AvgIpc) is 3.04. The fraction of sp³-hybridized carbons (Fsp3) is 0.444. The van der Waals surface area contributed by atoms with Gasteiger partial charge in [0, 0.05) is 25.5 Å². The molecule has 2 aliphatic rings. The molecule has 0 saturated carbocycles. The Morgan fingerprint density at radius 2 is 2.00 bits per heavy atom. The molecule has 0 saturated heterocycles. The van der Waals surface area contributed by atoms with Gasteiger partial charge in [0.1, 0.15) is 0 Å². The molecule has 1 aromatic rings. The average molecular weight is 374 g/mol. The number of hydrazone groups is 1. The zero-order valence-electron chi connectivity index (χ0n) is 15.5. The molecule has 3 rings (SSSR count). The normalized spacial score (nSPS) is 21.5. The first kappa shape index (κ1) is 18.4. The van der Waals surface area contributed by atoms with Crippen molar-refractivity contribution < 1.29 is 14.4 Å². The summed E-state index contributed by atoms with van der Waals surface area (Å²) < 4.78 is 0. The van der Waals surface area contributed by atoms with Gasteiger partial charge in [-0.2, -0.15) is 5.01 Å². The lowest BCUT2D eigenvalue weighted by molar-refractivity contribution is -0.139. The lowest BCUT2D eigenvalue weighted by Gasteiger charge is -2.30. The Hall–Kier alpha value is -2.35. The van der Waals surface area contributed by atoms with Crippen molar-refractivity contribution >= 4 is 40.3 Å². The number of nitrogens with one attached hydrogen (secondary N) is 1. The standard InChI is InChI=1S/C18H22N4O3S/c1-6-13-7-8-15-14(9-13)18(16(25)21(15)10(2)3)22(12(5)24)20-17(26-18)19-11(4)23/h7-10H,6H2,1-5H3,(H,19,20,23). The SMILES string of the molecule is CCc1ccc2c(c1)C1(SC(NC(C)=O)=NN1C(C)=O)C(=O)N2C(C)C. The van der Waals surface area contributed by atoms with Gasteiger partial charge in [0.05, 0.1) is 5.69 Å². The molecule has 138 valence electrons. The van der Waals surface area contributed by atoms with Crippen molar-refractivity contribution in [1.29, 1.82) is 0 Å². The molecule has 1 N–H and O–H groups in total. The number of aryl methyl sites for hydroxylation is 1. The van der Waals surface area contributed by atoms with Gasteiger partial charge in [-0.15, -0.1) is 5.10 Å². The first-order chi connectivity index (χ1) is 12.2. The van der Waals surface area contributed by atoms with E-state index >= 15 is 0 Å². The van der Waals surface area contributed by atoms with Crippen LogP contribution in [0.3, 0.4) is 0 Å². The zero-order valence-corrected chi connectivity index (χ0v) is 16.3. The number of thioether (sulfide) groups is 1. The highest BCUT2D eigenvalue weighted by atomic mass is 32.2. The van der Waals surface area contributed by atoms with Gasteiger partial charge < -0.3 is 10.2 Å². The molecule has 1 aromatic carbocycles. The second kappa shape index (κ2) is 6.42. The quantitative estimate of drug-likeness (QED) is 0.860. The van der Waals surface area contributed by atoms with E-state index in [1.807, 2.05) is 39.0 Å². The van der Waals surface area contributed by atoms with Gasteiger partial charge in [-0.3, -0.25) is 14.4 Å². The van der Waals surface area contributed by atoms with Crippen molar-refractivity contribution in [2.45, 2.75) is 52.0 Å². The second-order valence-corrected chi connectivity index (χ2v) is 7.82. The number of amides is 3. The number of carbonyl (C=O) groups is 3. The zero-order chi connectivity index (χ0) is 19.2. The summed E-state index contributed by atoms with van der Waals surface area (Å²) in [6, 6.07) is 5.81. The van der Waals surface area contributed by atoms with Gasteiger partial charge in [-0.05, 0) is 49.7 Å². The van der Waals surface area contributed by atoms with Crippen molar-refractivity contribution in [3.63, 3.8) is 0 Å². The van der Waals surface area contributed by atoms with Crippen LogP contribution >= 0.6 is 11.8 Å². The summed E-state index contributed by atoms with van der Waals surface area (Å²) in [4.78, 5) is 37.7. The van der Waals surface area contributed by atoms with Crippen LogP contribution in [-0.2, 0) is 25.7 Å². The van der Waals surface area contributed by atoms with E-state index in [1.165, 1.54) is 18.9 Å². The maximum atomic E-state index is 13.5. The van der Waals surface area contributed by atoms with Crippen LogP contribution in [0.4, 0.5) is 5.69 Å². The summed E-state index contributed by atoms with van der Waals surface area (Å²) in [5.41, 5.74) is 2.58. The lowest BCUT2D eigenvalue weighted by Crippen LogP contribution is -2.50. The number of fused-ring (bicyclic) bond motifs is 2. The van der Waals surface area contributed by atoms with Gasteiger partial charge >= 0.3 is 0 Å². The number of amidine groups is 1. The summed E-state index contributed by atoms with van der Waals surface area (Å²) in [5, 5.41) is 8.31. The van der Waals surface area contributed by atoms with E-state index < -0.39 is 4.87 Å². The molecule has 0 aromatic heterocycles. The Morgan fingerprint density at radius 1 is 1.31 bits per heavy atom. The van der Waals surface area contributed by atoms with Gasteiger partial charge in [-0.25, -0.2) is 0 Å². The van der Waals surface area contributed by atoms with Crippen LogP contribution in [-0.4, -0.2) is 33.9 Å². The largest absolute Gasteiger partial charge is 0.306 e. The summed E-state index contributed by atoms with van der Waals surface area (Å²) >= 11 is 1.11. The van der Waals surface area contributed by atoms with E-state index in [1.54, 1.807) is 4.90 Å². The lowest BCUT2D eigenvalue weighted by atomic mass is 10.0. The van der Waals surface area contributed by atoms with Crippen molar-refractivity contribution in [2.75, 3.05) is 4.90 Å². The Labute approximate surface area is 156 Å². The number of carbonyl (C=O) groups excluding carboxylic acids is 3. The Morgan fingerprint density at radius 3 is 2.54 bits per heavy atom. The molecule has 1 unspecified atom stereocenters. The van der Waals surface area contributed by atoms with Gasteiger partial charge in [0.2, 0.25) is 16.7 Å². The molecule has 2 aliphatic heterocycles. The molecule has 26 heavy (non-hydrogen) atoms. The Balaban J connectivity index is 2.21. The molecule has 0 aliphatic carbocycles. The van der Waals surface area contributed by atoms with Crippen LogP contribution in [0.2, 0.25) is 0 Å². The Bertz CT molecular complexity index is 836. The van der Waals surface area contributed by atoms with Crippen molar-refractivity contribution in [1.82, 2.24) is 10.3 Å². The van der Waals surface area contributed by atoms with E-state index in [-0.39, 0.29) is 28.9 Å². The molecular weight excluding hydrogens is 352 g/mol. The molecule has 0 radical (unpaired) electrons. The number of nitrogens with zero attached hydrogens (tertiary/aromatic N) is 3. The number of hydrogen-bond donors (Lipinski definition) is 1. The minimum absolute atomic E-state index is 0.0766. The number of anilines is 1. The first-order valence-electron chi connectivity index (χ1n) is 8.55. The van der Waals surface area contributed by atoms with Crippen molar-refractivity contribution in [2.24, 2.45) is 5.10 Å². The van der Waals surface area contributed by atoms with Gasteiger partial charge in [0.25, 0.3) is 5.91 Å². The van der Waals surface area contributed by atoms with Gasteiger partial charge in [0.15, 0.2) is 5.17 Å². The number of benzene rings is 1. The predicted octanol–water partition coefficient (Wildman–Crippen LogP) is 2.16. The molecule has 1 atom stereocenters. The van der Waals surface area contributed by atoms with E-state index in [0.717, 1.165) is 35.0 Å². The van der Waals surface area contributed by atoms with Crippen LogP contribution in [0.15, 0.2) is 23.3 Å². The molecule has 3 amide bonds. The molecule has 2 heterocycles. The number of rotatable bonds is 2. The third-order valence-electron chi connectivity index (χ3n) is 4.43. The topological polar surface area (TPSA) is 82.1 Å². The van der Waals surface area contributed by atoms with Crippen LogP contribution < -0.4 is 10.2 Å². The molecule has 7 nitrogen and oxygen atoms in total. The Kier molecular flexibility index (Phi) is 4.56.